The Hall–Kier alpha value is -1.36. The fourth-order valence-corrected chi connectivity index (χ4v) is 2.53. The summed E-state index contributed by atoms with van der Waals surface area (Å²) in [6.07, 6.45) is 0.290. The zero-order valence-electron chi connectivity index (χ0n) is 10.0. The maximum Gasteiger partial charge on any atom is 0.238 e. The van der Waals surface area contributed by atoms with Crippen molar-refractivity contribution < 1.29 is 16.8 Å². The molecule has 0 aliphatic carbocycles. The zero-order chi connectivity index (χ0) is 14.7. The molecule has 0 heterocycles. The maximum absolute atomic E-state index is 11.2. The first-order valence-electron chi connectivity index (χ1n) is 5.26. The number of nitrogens with two attached hydrogens (primary N) is 3. The molecule has 0 saturated carbocycles. The van der Waals surface area contributed by atoms with Gasteiger partial charge in [-0.2, -0.15) is 0 Å². The molecule has 0 atom stereocenters. The average Bonchev–Trinajstić information content (AvgIpc) is 2.21. The van der Waals surface area contributed by atoms with Gasteiger partial charge in [-0.15, -0.1) is 0 Å². The fraction of sp³-hybridized carbons (Fsp3) is 0.333. The van der Waals surface area contributed by atoms with Gasteiger partial charge in [0.25, 0.3) is 0 Å². The molecular formula is C9H16N4O4S2. The summed E-state index contributed by atoms with van der Waals surface area (Å²) in [6, 6.07) is 4.08. The van der Waals surface area contributed by atoms with Gasteiger partial charge >= 0.3 is 0 Å². The van der Waals surface area contributed by atoms with Crippen molar-refractivity contribution in [3.8, 4) is 0 Å². The number of hydrogen-bond acceptors (Lipinski definition) is 6. The van der Waals surface area contributed by atoms with Crippen LogP contribution in [-0.4, -0.2) is 29.1 Å². The quantitative estimate of drug-likeness (QED) is 0.390. The molecule has 8 nitrogen and oxygen atoms in total. The molecule has 0 radical (unpaired) electrons. The minimum absolute atomic E-state index is 0.110. The molecule has 0 spiro atoms. The van der Waals surface area contributed by atoms with Crippen LogP contribution in [0, 0.1) is 0 Å². The van der Waals surface area contributed by atoms with Crippen LogP contribution in [0.5, 0.6) is 0 Å². The Morgan fingerprint density at radius 1 is 1.05 bits per heavy atom. The number of primary sulfonamides is 2. The molecule has 0 unspecified atom stereocenters. The van der Waals surface area contributed by atoms with Crippen LogP contribution < -0.4 is 21.3 Å². The van der Waals surface area contributed by atoms with Crippen molar-refractivity contribution in [3.05, 3.63) is 18.2 Å². The summed E-state index contributed by atoms with van der Waals surface area (Å²) in [6.45, 7) is 0.309. The minimum atomic E-state index is -3.84. The van der Waals surface area contributed by atoms with E-state index in [1.807, 2.05) is 0 Å². The van der Waals surface area contributed by atoms with Crippen LogP contribution in [0.1, 0.15) is 6.42 Å². The van der Waals surface area contributed by atoms with E-state index in [9.17, 15) is 16.8 Å². The molecule has 108 valence electrons. The fourth-order valence-electron chi connectivity index (χ4n) is 1.39. The molecule has 0 aliphatic rings. The highest BCUT2D eigenvalue weighted by molar-refractivity contribution is 7.89. The Morgan fingerprint density at radius 2 is 1.68 bits per heavy atom. The highest BCUT2D eigenvalue weighted by atomic mass is 32.2. The van der Waals surface area contributed by atoms with Gasteiger partial charge in [0.05, 0.1) is 10.6 Å². The van der Waals surface area contributed by atoms with Crippen LogP contribution in [0.15, 0.2) is 23.1 Å². The van der Waals surface area contributed by atoms with Crippen LogP contribution in [0.25, 0.3) is 0 Å². The molecule has 10 heteroatoms. The highest BCUT2D eigenvalue weighted by Crippen LogP contribution is 2.19. The van der Waals surface area contributed by atoms with E-state index in [1.165, 1.54) is 18.2 Å². The van der Waals surface area contributed by atoms with Crippen LogP contribution in [0.4, 0.5) is 11.4 Å². The van der Waals surface area contributed by atoms with E-state index < -0.39 is 20.0 Å². The minimum Gasteiger partial charge on any atom is -0.399 e. The Morgan fingerprint density at radius 3 is 2.21 bits per heavy atom. The summed E-state index contributed by atoms with van der Waals surface area (Å²) < 4.78 is 43.8. The summed E-state index contributed by atoms with van der Waals surface area (Å²) in [7, 11) is -7.34. The van der Waals surface area contributed by atoms with Gasteiger partial charge in [0.2, 0.25) is 20.0 Å². The molecule has 1 aromatic carbocycles. The third-order valence-electron chi connectivity index (χ3n) is 2.19. The van der Waals surface area contributed by atoms with Gasteiger partial charge in [-0.05, 0) is 24.6 Å². The highest BCUT2D eigenvalue weighted by Gasteiger charge is 2.10. The monoisotopic (exact) mass is 308 g/mol. The predicted molar refractivity (Wildman–Crippen MR) is 73.3 cm³/mol. The van der Waals surface area contributed by atoms with E-state index in [1.54, 1.807) is 0 Å². The van der Waals surface area contributed by atoms with E-state index in [4.69, 9.17) is 16.0 Å². The molecule has 1 aromatic rings. The first kappa shape index (κ1) is 15.7. The van der Waals surface area contributed by atoms with Crippen molar-refractivity contribution in [1.29, 1.82) is 0 Å². The molecule has 19 heavy (non-hydrogen) atoms. The molecule has 0 aromatic heterocycles. The Bertz CT molecular complexity index is 655. The van der Waals surface area contributed by atoms with Gasteiger partial charge in [0.1, 0.15) is 0 Å². The van der Waals surface area contributed by atoms with Gasteiger partial charge in [-0.1, -0.05) is 0 Å². The normalized spacial score (nSPS) is 12.3. The predicted octanol–water partition coefficient (Wildman–Crippen LogP) is -0.993. The number of nitrogens with one attached hydrogen (secondary N) is 1. The van der Waals surface area contributed by atoms with E-state index in [0.29, 0.717) is 18.7 Å². The van der Waals surface area contributed by atoms with Crippen molar-refractivity contribution in [3.63, 3.8) is 0 Å². The van der Waals surface area contributed by atoms with E-state index in [2.05, 4.69) is 5.32 Å². The van der Waals surface area contributed by atoms with E-state index in [-0.39, 0.29) is 16.3 Å². The van der Waals surface area contributed by atoms with Crippen molar-refractivity contribution in [2.24, 2.45) is 10.3 Å². The molecule has 1 rings (SSSR count). The molecule has 0 saturated heterocycles. The Labute approximate surface area is 112 Å². The first-order valence-corrected chi connectivity index (χ1v) is 8.52. The van der Waals surface area contributed by atoms with Crippen molar-refractivity contribution in [1.82, 2.24) is 0 Å². The van der Waals surface area contributed by atoms with E-state index >= 15 is 0 Å². The van der Waals surface area contributed by atoms with Crippen LogP contribution in [0.3, 0.4) is 0 Å². The number of rotatable bonds is 6. The largest absolute Gasteiger partial charge is 0.399 e. The molecule has 0 amide bonds. The third-order valence-corrected chi connectivity index (χ3v) is 3.94. The first-order chi connectivity index (χ1) is 8.58. The van der Waals surface area contributed by atoms with Crippen molar-refractivity contribution >= 4 is 31.4 Å². The van der Waals surface area contributed by atoms with Gasteiger partial charge in [-0.3, -0.25) is 0 Å². The van der Waals surface area contributed by atoms with Crippen molar-refractivity contribution in [2.75, 3.05) is 23.3 Å². The SMILES string of the molecule is Nc1cc(NCCCS(N)(=O)=O)cc(S(N)(=O)=O)c1. The summed E-state index contributed by atoms with van der Waals surface area (Å²) in [4.78, 5) is -0.110. The van der Waals surface area contributed by atoms with Crippen LogP contribution in [-0.2, 0) is 20.0 Å². The standard InChI is InChI=1S/C9H16N4O4S2/c10-7-4-8(6-9(5-7)19(12,16)17)13-2-1-3-18(11,14)15/h4-6,13H,1-3,10H2,(H2,11,14,15)(H2,12,16,17). The smallest absolute Gasteiger partial charge is 0.238 e. The number of hydrogen-bond donors (Lipinski definition) is 4. The average molecular weight is 308 g/mol. The molecule has 0 fully saturated rings. The lowest BCUT2D eigenvalue weighted by atomic mass is 10.3. The number of nitrogen functional groups attached to an aromatic ring is 1. The second-order valence-corrected chi connectivity index (χ2v) is 7.28. The van der Waals surface area contributed by atoms with Gasteiger partial charge < -0.3 is 11.1 Å². The van der Waals surface area contributed by atoms with Crippen LogP contribution >= 0.6 is 0 Å². The lowest BCUT2D eigenvalue weighted by Gasteiger charge is -2.08. The summed E-state index contributed by atoms with van der Waals surface area (Å²) >= 11 is 0. The summed E-state index contributed by atoms with van der Waals surface area (Å²) in [5, 5.41) is 12.7. The summed E-state index contributed by atoms with van der Waals surface area (Å²) in [5.41, 5.74) is 6.23. The lowest BCUT2D eigenvalue weighted by molar-refractivity contribution is 0.595. The summed E-state index contributed by atoms with van der Waals surface area (Å²) in [5.74, 6) is -0.162. The second-order valence-electron chi connectivity index (χ2n) is 3.98. The molecular weight excluding hydrogens is 292 g/mol. The van der Waals surface area contributed by atoms with Gasteiger partial charge in [0, 0.05) is 17.9 Å². The van der Waals surface area contributed by atoms with Crippen molar-refractivity contribution in [2.45, 2.75) is 11.3 Å². The van der Waals surface area contributed by atoms with Gasteiger partial charge in [-0.25, -0.2) is 27.1 Å². The molecule has 0 bridgehead atoms. The number of anilines is 2. The Balaban J connectivity index is 2.72. The van der Waals surface area contributed by atoms with E-state index in [0.717, 1.165) is 0 Å². The Kier molecular flexibility index (Phi) is 4.74. The number of benzene rings is 1. The maximum atomic E-state index is 11.2. The lowest BCUT2D eigenvalue weighted by Crippen LogP contribution is -2.19. The molecule has 7 N–H and O–H groups in total. The zero-order valence-corrected chi connectivity index (χ0v) is 11.7. The van der Waals surface area contributed by atoms with Crippen LogP contribution in [0.2, 0.25) is 0 Å². The topological polar surface area (TPSA) is 158 Å². The molecule has 0 aliphatic heterocycles. The third kappa shape index (κ3) is 5.87. The second kappa shape index (κ2) is 5.74. The van der Waals surface area contributed by atoms with Gasteiger partial charge in [0.15, 0.2) is 0 Å². The number of sulfonamides is 2.